The molecule has 0 radical (unpaired) electrons. The Morgan fingerprint density at radius 2 is 1.64 bits per heavy atom. The van der Waals surface area contributed by atoms with E-state index in [4.69, 9.17) is 21.7 Å². The monoisotopic (exact) mass is 490 g/mol. The molecule has 2 fully saturated rings. The summed E-state index contributed by atoms with van der Waals surface area (Å²) in [5, 5.41) is 3.83. The van der Waals surface area contributed by atoms with Gasteiger partial charge >= 0.3 is 0 Å². The summed E-state index contributed by atoms with van der Waals surface area (Å²) in [6.45, 7) is 4.90. The van der Waals surface area contributed by atoms with Crippen molar-refractivity contribution >= 4 is 38.7 Å². The number of thiocarbonyl (C=S) groups is 1. The van der Waals surface area contributed by atoms with Crippen molar-refractivity contribution in [1.29, 1.82) is 0 Å². The Hall–Kier alpha value is -2.24. The fourth-order valence-corrected chi connectivity index (χ4v) is 5.54. The number of sulfonamides is 1. The van der Waals surface area contributed by atoms with E-state index >= 15 is 0 Å². The van der Waals surface area contributed by atoms with Crippen molar-refractivity contribution in [3.05, 3.63) is 54.1 Å². The molecule has 2 aromatic carbocycles. The lowest BCUT2D eigenvalue weighted by atomic mass is 10.2. The van der Waals surface area contributed by atoms with Gasteiger partial charge in [0.05, 0.1) is 42.7 Å². The first kappa shape index (κ1) is 23.9. The molecule has 0 atom stereocenters. The lowest BCUT2D eigenvalue weighted by Gasteiger charge is -2.32. The summed E-state index contributed by atoms with van der Waals surface area (Å²) in [4.78, 5) is 4.38. The second-order valence-electron chi connectivity index (χ2n) is 8.07. The number of hydrogen-bond donors (Lipinski definition) is 1. The van der Waals surface area contributed by atoms with Crippen molar-refractivity contribution in [2.75, 3.05) is 69.9 Å². The molecule has 10 heteroatoms. The maximum Gasteiger partial charge on any atom is 0.243 e. The number of ether oxygens (including phenoxy) is 2. The number of rotatable bonds is 6. The summed E-state index contributed by atoms with van der Waals surface area (Å²) < 4.78 is 38.8. The zero-order valence-electron chi connectivity index (χ0n) is 18.8. The van der Waals surface area contributed by atoms with Crippen LogP contribution in [0.1, 0.15) is 5.56 Å². The summed E-state index contributed by atoms with van der Waals surface area (Å²) in [6.07, 6.45) is 0. The number of nitrogens with one attached hydrogen (secondary N) is 1. The van der Waals surface area contributed by atoms with Crippen LogP contribution >= 0.6 is 12.2 Å². The molecule has 33 heavy (non-hydrogen) atoms. The van der Waals surface area contributed by atoms with Crippen LogP contribution in [0.3, 0.4) is 0 Å². The third-order valence-electron chi connectivity index (χ3n) is 5.78. The summed E-state index contributed by atoms with van der Waals surface area (Å²) >= 11 is 5.68. The van der Waals surface area contributed by atoms with Crippen molar-refractivity contribution in [3.8, 4) is 0 Å². The Bertz CT molecular complexity index is 1050. The van der Waals surface area contributed by atoms with Crippen LogP contribution in [0, 0.1) is 0 Å². The first-order valence-corrected chi connectivity index (χ1v) is 12.9. The van der Waals surface area contributed by atoms with E-state index in [1.807, 2.05) is 48.3 Å². The maximum atomic E-state index is 13.3. The normalized spacial score (nSPS) is 17.5. The number of anilines is 2. The highest BCUT2D eigenvalue weighted by atomic mass is 32.2. The van der Waals surface area contributed by atoms with E-state index in [1.165, 1.54) is 4.31 Å². The standard InChI is InChI=1S/C23H30N4O4S2/c1-25(18-19-5-3-2-4-6-19)23(32)24-21-17-20(33(28,29)27-11-15-31-16-12-27)7-8-22(21)26-9-13-30-14-10-26/h2-8,17H,9-16,18H2,1H3,(H,24,32). The molecular weight excluding hydrogens is 460 g/mol. The molecule has 2 aliphatic heterocycles. The smallest absolute Gasteiger partial charge is 0.243 e. The van der Waals surface area contributed by atoms with Gasteiger partial charge in [-0.05, 0) is 36.0 Å². The zero-order chi connectivity index (χ0) is 23.3. The van der Waals surface area contributed by atoms with E-state index in [-0.39, 0.29) is 4.90 Å². The van der Waals surface area contributed by atoms with Crippen LogP contribution in [0.4, 0.5) is 11.4 Å². The quantitative estimate of drug-likeness (QED) is 0.619. The third-order valence-corrected chi connectivity index (χ3v) is 8.09. The highest BCUT2D eigenvalue weighted by Gasteiger charge is 2.28. The molecule has 0 aliphatic carbocycles. The van der Waals surface area contributed by atoms with Gasteiger partial charge in [-0.1, -0.05) is 30.3 Å². The predicted molar refractivity (Wildman–Crippen MR) is 133 cm³/mol. The fourth-order valence-electron chi connectivity index (χ4n) is 3.93. The topological polar surface area (TPSA) is 74.4 Å². The van der Waals surface area contributed by atoms with E-state index < -0.39 is 10.0 Å². The Morgan fingerprint density at radius 1 is 1.00 bits per heavy atom. The fraction of sp³-hybridized carbons (Fsp3) is 0.435. The van der Waals surface area contributed by atoms with Gasteiger partial charge in [0.1, 0.15) is 0 Å². The molecule has 1 N–H and O–H groups in total. The second kappa shape index (κ2) is 10.8. The van der Waals surface area contributed by atoms with Crippen molar-refractivity contribution in [2.45, 2.75) is 11.4 Å². The van der Waals surface area contributed by atoms with Crippen LogP contribution in [0.15, 0.2) is 53.4 Å². The molecule has 0 saturated carbocycles. The first-order valence-electron chi connectivity index (χ1n) is 11.1. The Morgan fingerprint density at radius 3 is 2.30 bits per heavy atom. The lowest BCUT2D eigenvalue weighted by molar-refractivity contribution is 0.0730. The van der Waals surface area contributed by atoms with Crippen LogP contribution in [-0.4, -0.2) is 82.4 Å². The molecule has 8 nitrogen and oxygen atoms in total. The number of hydrogen-bond acceptors (Lipinski definition) is 6. The van der Waals surface area contributed by atoms with E-state index in [0.717, 1.165) is 24.3 Å². The lowest BCUT2D eigenvalue weighted by Crippen LogP contribution is -2.41. The molecule has 0 aromatic heterocycles. The average Bonchev–Trinajstić information content (AvgIpc) is 2.85. The van der Waals surface area contributed by atoms with Crippen molar-refractivity contribution in [1.82, 2.24) is 9.21 Å². The minimum Gasteiger partial charge on any atom is -0.379 e. The highest BCUT2D eigenvalue weighted by molar-refractivity contribution is 7.89. The van der Waals surface area contributed by atoms with Gasteiger partial charge in [0, 0.05) is 39.8 Å². The SMILES string of the molecule is CN(Cc1ccccc1)C(=S)Nc1cc(S(=O)(=O)N2CCOCC2)ccc1N1CCOCC1. The number of benzene rings is 2. The van der Waals surface area contributed by atoms with Crippen molar-refractivity contribution in [2.24, 2.45) is 0 Å². The minimum absolute atomic E-state index is 0.248. The Balaban J connectivity index is 1.60. The molecule has 0 unspecified atom stereocenters. The van der Waals surface area contributed by atoms with Gasteiger partial charge < -0.3 is 24.6 Å². The molecule has 4 rings (SSSR count). The van der Waals surface area contributed by atoms with Crippen LogP contribution in [0.2, 0.25) is 0 Å². The summed E-state index contributed by atoms with van der Waals surface area (Å²) in [5.74, 6) is 0. The Labute approximate surface area is 201 Å². The van der Waals surface area contributed by atoms with Crippen LogP contribution in [0.25, 0.3) is 0 Å². The van der Waals surface area contributed by atoms with Gasteiger partial charge in [0.25, 0.3) is 0 Å². The van der Waals surface area contributed by atoms with Crippen LogP contribution < -0.4 is 10.2 Å². The molecule has 2 saturated heterocycles. The summed E-state index contributed by atoms with van der Waals surface area (Å²) in [7, 11) is -1.70. The van der Waals surface area contributed by atoms with Gasteiger partial charge in [-0.2, -0.15) is 4.31 Å². The van der Waals surface area contributed by atoms with Crippen LogP contribution in [-0.2, 0) is 26.0 Å². The number of nitrogens with zero attached hydrogens (tertiary/aromatic N) is 3. The molecule has 178 valence electrons. The summed E-state index contributed by atoms with van der Waals surface area (Å²) in [5.41, 5.74) is 2.73. The molecule has 0 bridgehead atoms. The van der Waals surface area contributed by atoms with E-state index in [2.05, 4.69) is 10.2 Å². The van der Waals surface area contributed by atoms with E-state index in [9.17, 15) is 8.42 Å². The predicted octanol–water partition coefficient (Wildman–Crippen LogP) is 2.37. The van der Waals surface area contributed by atoms with Crippen molar-refractivity contribution < 1.29 is 17.9 Å². The third kappa shape index (κ3) is 5.82. The van der Waals surface area contributed by atoms with E-state index in [0.29, 0.717) is 56.9 Å². The van der Waals surface area contributed by atoms with E-state index in [1.54, 1.807) is 12.1 Å². The molecule has 0 amide bonds. The second-order valence-corrected chi connectivity index (χ2v) is 10.4. The van der Waals surface area contributed by atoms with Crippen molar-refractivity contribution in [3.63, 3.8) is 0 Å². The Kier molecular flexibility index (Phi) is 7.82. The van der Waals surface area contributed by atoms with Gasteiger partial charge in [-0.15, -0.1) is 0 Å². The average molecular weight is 491 g/mol. The molecular formula is C23H30N4O4S2. The number of morpholine rings is 2. The molecule has 0 spiro atoms. The van der Waals surface area contributed by atoms with Gasteiger partial charge in [-0.25, -0.2) is 8.42 Å². The molecule has 2 heterocycles. The molecule has 2 aliphatic rings. The minimum atomic E-state index is -3.62. The van der Waals surface area contributed by atoms with Gasteiger partial charge in [0.15, 0.2) is 5.11 Å². The van der Waals surface area contributed by atoms with Gasteiger partial charge in [0.2, 0.25) is 10.0 Å². The maximum absolute atomic E-state index is 13.3. The van der Waals surface area contributed by atoms with Crippen LogP contribution in [0.5, 0.6) is 0 Å². The molecule has 2 aromatic rings. The largest absolute Gasteiger partial charge is 0.379 e. The zero-order valence-corrected chi connectivity index (χ0v) is 20.4. The first-order chi connectivity index (χ1) is 15.9. The highest BCUT2D eigenvalue weighted by Crippen LogP contribution is 2.31. The van der Waals surface area contributed by atoms with Gasteiger partial charge in [-0.3, -0.25) is 0 Å². The summed E-state index contributed by atoms with van der Waals surface area (Å²) in [6, 6.07) is 15.3.